The van der Waals surface area contributed by atoms with Crippen LogP contribution < -0.4 is 9.30 Å². The summed E-state index contributed by atoms with van der Waals surface area (Å²) in [6.45, 7) is 0. The molecule has 0 saturated heterocycles. The van der Waals surface area contributed by atoms with Gasteiger partial charge in [-0.3, -0.25) is 0 Å². The molecule has 0 aliphatic carbocycles. The van der Waals surface area contributed by atoms with Gasteiger partial charge in [-0.2, -0.15) is 0 Å². The number of amides is 1. The molecule has 16 heavy (non-hydrogen) atoms. The second-order valence-electron chi connectivity index (χ2n) is 2.89. The van der Waals surface area contributed by atoms with E-state index in [1.54, 1.807) is 11.9 Å². The third-order valence-corrected chi connectivity index (χ3v) is 3.94. The summed E-state index contributed by atoms with van der Waals surface area (Å²) in [7, 11) is 1.71. The van der Waals surface area contributed by atoms with Crippen LogP contribution in [0.15, 0.2) is 24.3 Å². The summed E-state index contributed by atoms with van der Waals surface area (Å²) in [6.07, 6.45) is 0. The minimum absolute atomic E-state index is 0.0151. The normalized spacial score (nSPS) is 10.2. The van der Waals surface area contributed by atoms with Gasteiger partial charge < -0.3 is 0 Å². The second-order valence-corrected chi connectivity index (χ2v) is 5.44. The van der Waals surface area contributed by atoms with Gasteiger partial charge in [0.2, 0.25) is 0 Å². The average Bonchev–Trinajstić information content (AvgIpc) is 2.35. The van der Waals surface area contributed by atoms with E-state index in [2.05, 4.69) is 24.9 Å². The van der Waals surface area contributed by atoms with Crippen molar-refractivity contribution in [2.24, 2.45) is 0 Å². The first-order valence-electron chi connectivity index (χ1n) is 4.34. The number of nitrogens with zero attached hydrogens (tertiary/aromatic N) is 1. The number of halogens is 1. The Morgan fingerprint density at radius 2 is 2.12 bits per heavy atom. The van der Waals surface area contributed by atoms with Gasteiger partial charge in [-0.25, -0.2) is 0 Å². The van der Waals surface area contributed by atoms with E-state index in [1.807, 2.05) is 24.3 Å². The molecule has 86 valence electrons. The van der Waals surface area contributed by atoms with Crippen molar-refractivity contribution in [2.75, 3.05) is 17.3 Å². The predicted octanol–water partition coefficient (Wildman–Crippen LogP) is 0.710. The van der Waals surface area contributed by atoms with Gasteiger partial charge >= 0.3 is 108 Å². The van der Waals surface area contributed by atoms with Crippen molar-refractivity contribution in [2.45, 2.75) is 0 Å². The summed E-state index contributed by atoms with van der Waals surface area (Å²) < 4.78 is 5.44. The number of carbonyl (C=O) groups is 1. The van der Waals surface area contributed by atoms with Crippen molar-refractivity contribution < 1.29 is 19.0 Å². The molecule has 7 heteroatoms. The Morgan fingerprint density at radius 3 is 2.62 bits per heavy atom. The SMILES string of the molecule is CN(C(=O)CBr)c1cc[c]([Ge][O]OO)cc1. The van der Waals surface area contributed by atoms with E-state index in [1.165, 1.54) is 0 Å². The number of rotatable bonds is 5. The summed E-state index contributed by atoms with van der Waals surface area (Å²) in [6, 6.07) is 7.32. The molecule has 1 aromatic carbocycles. The Labute approximate surface area is 108 Å². The van der Waals surface area contributed by atoms with Gasteiger partial charge in [0, 0.05) is 0 Å². The average molecular weight is 349 g/mol. The van der Waals surface area contributed by atoms with Crippen LogP contribution in [0.25, 0.3) is 0 Å². The summed E-state index contributed by atoms with van der Waals surface area (Å²) in [5.41, 5.74) is 0.810. The molecule has 5 nitrogen and oxygen atoms in total. The number of hydrogen-bond acceptors (Lipinski definition) is 4. The van der Waals surface area contributed by atoms with Gasteiger partial charge in [0.1, 0.15) is 0 Å². The third-order valence-electron chi connectivity index (χ3n) is 1.94. The molecule has 1 rings (SSSR count). The number of anilines is 1. The third kappa shape index (κ3) is 3.87. The van der Waals surface area contributed by atoms with E-state index in [0.717, 1.165) is 10.1 Å². The quantitative estimate of drug-likeness (QED) is 0.368. The van der Waals surface area contributed by atoms with Crippen LogP contribution in [0.5, 0.6) is 0 Å². The summed E-state index contributed by atoms with van der Waals surface area (Å²) in [5, 5.41) is 11.9. The van der Waals surface area contributed by atoms with Crippen LogP contribution in [0.4, 0.5) is 5.69 Å². The van der Waals surface area contributed by atoms with E-state index < -0.39 is 15.8 Å². The fourth-order valence-corrected chi connectivity index (χ4v) is 2.34. The fraction of sp³-hybridized carbons (Fsp3) is 0.222. The zero-order valence-corrected chi connectivity index (χ0v) is 12.2. The van der Waals surface area contributed by atoms with E-state index in [9.17, 15) is 4.79 Å². The van der Waals surface area contributed by atoms with Gasteiger partial charge in [-0.05, 0) is 0 Å². The predicted molar refractivity (Wildman–Crippen MR) is 63.8 cm³/mol. The topological polar surface area (TPSA) is 59.0 Å². The molecule has 0 spiro atoms. The Kier molecular flexibility index (Phi) is 6.00. The second kappa shape index (κ2) is 7.02. The van der Waals surface area contributed by atoms with Gasteiger partial charge in [0.25, 0.3) is 0 Å². The first-order chi connectivity index (χ1) is 7.69. The zero-order chi connectivity index (χ0) is 12.0. The van der Waals surface area contributed by atoms with Gasteiger partial charge in [0.05, 0.1) is 0 Å². The number of hydrogen-bond donors (Lipinski definition) is 1. The van der Waals surface area contributed by atoms with Gasteiger partial charge in [-0.15, -0.1) is 0 Å². The van der Waals surface area contributed by atoms with Crippen molar-refractivity contribution in [1.82, 2.24) is 0 Å². The first-order valence-corrected chi connectivity index (χ1v) is 7.37. The van der Waals surface area contributed by atoms with Crippen LogP contribution in [0, 0.1) is 0 Å². The van der Waals surface area contributed by atoms with Gasteiger partial charge in [-0.1, -0.05) is 0 Å². The molecule has 1 amide bonds. The van der Waals surface area contributed by atoms with Gasteiger partial charge in [0.15, 0.2) is 0 Å². The van der Waals surface area contributed by atoms with Crippen LogP contribution in [0.3, 0.4) is 0 Å². The van der Waals surface area contributed by atoms with Crippen LogP contribution in [-0.4, -0.2) is 39.3 Å². The standard InChI is InChI=1S/C9H10BrGeNO4/c1-12(9(13)6-10)8-4-2-7(3-5-8)11-15-16-14/h2-5,14H,6H2,1H3. The molecule has 1 aromatic rings. The number of alkyl halides is 1. The molecule has 1 N–H and O–H groups in total. The van der Waals surface area contributed by atoms with Crippen LogP contribution in [0.2, 0.25) is 0 Å². The Bertz CT molecular complexity index is 346. The molecular weight excluding hydrogens is 339 g/mol. The zero-order valence-electron chi connectivity index (χ0n) is 8.51. The van der Waals surface area contributed by atoms with E-state index in [-0.39, 0.29) is 5.91 Å². The molecular formula is C9H10BrGeNO4. The first kappa shape index (κ1) is 13.7. The molecule has 0 atom stereocenters. The summed E-state index contributed by atoms with van der Waals surface area (Å²) in [4.78, 5) is 12.9. The minimum atomic E-state index is -0.941. The Morgan fingerprint density at radius 1 is 1.50 bits per heavy atom. The maximum atomic E-state index is 11.4. The maximum absolute atomic E-state index is 11.4. The molecule has 0 heterocycles. The molecule has 0 aliphatic rings. The molecule has 0 fully saturated rings. The van der Waals surface area contributed by atoms with Crippen LogP contribution in [0.1, 0.15) is 0 Å². The molecule has 0 unspecified atom stereocenters. The monoisotopic (exact) mass is 349 g/mol. The van der Waals surface area contributed by atoms with Crippen LogP contribution >= 0.6 is 15.9 Å². The number of carbonyl (C=O) groups excluding carboxylic acids is 1. The van der Waals surface area contributed by atoms with Crippen molar-refractivity contribution >= 4 is 47.7 Å². The number of benzene rings is 1. The van der Waals surface area contributed by atoms with E-state index in [4.69, 9.17) is 5.26 Å². The van der Waals surface area contributed by atoms with Crippen molar-refractivity contribution in [3.05, 3.63) is 24.3 Å². The van der Waals surface area contributed by atoms with Crippen molar-refractivity contribution in [3.63, 3.8) is 0 Å². The molecule has 0 aliphatic heterocycles. The van der Waals surface area contributed by atoms with Crippen molar-refractivity contribution in [1.29, 1.82) is 0 Å². The molecule has 0 bridgehead atoms. The molecule has 0 aromatic heterocycles. The summed E-state index contributed by atoms with van der Waals surface area (Å²) >= 11 is 2.17. The molecule has 0 saturated carbocycles. The Hall–Kier alpha value is -0.407. The summed E-state index contributed by atoms with van der Waals surface area (Å²) in [5.74, 6) is -0.0151. The fourth-order valence-electron chi connectivity index (χ4n) is 1.05. The Balaban J connectivity index is 2.67. The van der Waals surface area contributed by atoms with Crippen molar-refractivity contribution in [3.8, 4) is 0 Å². The molecule has 2 radical (unpaired) electrons. The van der Waals surface area contributed by atoms with E-state index in [0.29, 0.717) is 5.33 Å². The van der Waals surface area contributed by atoms with E-state index >= 15 is 0 Å². The van der Waals surface area contributed by atoms with Crippen LogP contribution in [-0.2, 0) is 13.7 Å².